The van der Waals surface area contributed by atoms with Crippen molar-refractivity contribution < 1.29 is 9.53 Å². The molecule has 5 heteroatoms. The number of aromatic nitrogens is 1. The Morgan fingerprint density at radius 1 is 1.38 bits per heavy atom. The maximum Gasteiger partial charge on any atom is 0.416 e. The second-order valence-corrected chi connectivity index (χ2v) is 7.57. The first-order valence-corrected chi connectivity index (χ1v) is 8.98. The van der Waals surface area contributed by atoms with Crippen molar-refractivity contribution in [3.63, 3.8) is 0 Å². The number of carbonyl (C=O) groups is 1. The molecular weight excluding hydrogens is 302 g/mol. The van der Waals surface area contributed by atoms with Crippen LogP contribution in [0.4, 0.5) is 10.6 Å². The number of hydrogen-bond acceptors (Lipinski definition) is 4. The number of hydrogen-bond donors (Lipinski definition) is 0. The zero-order valence-electron chi connectivity index (χ0n) is 15.7. The van der Waals surface area contributed by atoms with E-state index in [1.807, 2.05) is 40.0 Å². The van der Waals surface area contributed by atoms with Gasteiger partial charge in [-0.1, -0.05) is 19.4 Å². The lowest BCUT2D eigenvalue weighted by Crippen LogP contribution is -2.38. The maximum absolute atomic E-state index is 12.4. The van der Waals surface area contributed by atoms with Gasteiger partial charge in [0.05, 0.1) is 0 Å². The van der Waals surface area contributed by atoms with E-state index in [-0.39, 0.29) is 6.09 Å². The molecule has 1 aliphatic heterocycles. The summed E-state index contributed by atoms with van der Waals surface area (Å²) in [6.45, 7) is 9.42. The van der Waals surface area contributed by atoms with Gasteiger partial charge in [0.15, 0.2) is 0 Å². The number of rotatable bonds is 4. The lowest BCUT2D eigenvalue weighted by Gasteiger charge is -2.33. The summed E-state index contributed by atoms with van der Waals surface area (Å²) in [5.74, 6) is 0.660. The van der Waals surface area contributed by atoms with Crippen LogP contribution in [-0.4, -0.2) is 41.7 Å². The molecule has 1 saturated heterocycles. The van der Waals surface area contributed by atoms with Crippen molar-refractivity contribution in [1.29, 1.82) is 0 Å². The van der Waals surface area contributed by atoms with E-state index >= 15 is 0 Å². The standard InChI is InChI=1S/C19H31N3O2/c1-6-12-22(18(23)24-19(2,3)4)17-11-10-15(14-20-17)16-9-7-8-13-21(16)5/h10-11,14,16H,6-9,12-13H2,1-5H3. The largest absolute Gasteiger partial charge is 0.443 e. The molecule has 0 spiro atoms. The van der Waals surface area contributed by atoms with E-state index in [4.69, 9.17) is 4.74 Å². The quantitative estimate of drug-likeness (QED) is 0.820. The van der Waals surface area contributed by atoms with E-state index in [1.54, 1.807) is 4.90 Å². The zero-order chi connectivity index (χ0) is 17.7. The topological polar surface area (TPSA) is 45.7 Å². The molecule has 0 bridgehead atoms. The van der Waals surface area contributed by atoms with Gasteiger partial charge in [0.25, 0.3) is 0 Å². The minimum Gasteiger partial charge on any atom is -0.443 e. The summed E-state index contributed by atoms with van der Waals surface area (Å²) < 4.78 is 5.51. The Hall–Kier alpha value is -1.62. The third kappa shape index (κ3) is 4.94. The molecule has 0 aliphatic carbocycles. The summed E-state index contributed by atoms with van der Waals surface area (Å²) in [4.78, 5) is 21.0. The number of pyridine rings is 1. The second kappa shape index (κ2) is 7.97. The molecule has 1 fully saturated rings. The highest BCUT2D eigenvalue weighted by atomic mass is 16.6. The molecule has 1 aromatic heterocycles. The van der Waals surface area contributed by atoms with E-state index in [1.165, 1.54) is 24.8 Å². The van der Waals surface area contributed by atoms with E-state index in [9.17, 15) is 4.79 Å². The highest BCUT2D eigenvalue weighted by Gasteiger charge is 2.25. The molecule has 1 unspecified atom stereocenters. The third-order valence-electron chi connectivity index (χ3n) is 4.26. The number of carbonyl (C=O) groups excluding carboxylic acids is 1. The molecule has 24 heavy (non-hydrogen) atoms. The fraction of sp³-hybridized carbons (Fsp3) is 0.684. The van der Waals surface area contributed by atoms with Crippen molar-refractivity contribution in [1.82, 2.24) is 9.88 Å². The average Bonchev–Trinajstić information content (AvgIpc) is 2.52. The van der Waals surface area contributed by atoms with Crippen molar-refractivity contribution in [2.24, 2.45) is 0 Å². The normalized spacial score (nSPS) is 19.1. The number of piperidine rings is 1. The van der Waals surface area contributed by atoms with Gasteiger partial charge in [-0.25, -0.2) is 9.78 Å². The molecule has 0 aromatic carbocycles. The molecule has 0 radical (unpaired) electrons. The summed E-state index contributed by atoms with van der Waals surface area (Å²) in [6, 6.07) is 4.47. The van der Waals surface area contributed by atoms with Gasteiger partial charge in [-0.3, -0.25) is 9.80 Å². The molecule has 0 N–H and O–H groups in total. The minimum absolute atomic E-state index is 0.334. The molecule has 1 atom stereocenters. The van der Waals surface area contributed by atoms with E-state index in [0.717, 1.165) is 13.0 Å². The lowest BCUT2D eigenvalue weighted by atomic mass is 9.97. The van der Waals surface area contributed by atoms with Gasteiger partial charge in [0.2, 0.25) is 0 Å². The highest BCUT2D eigenvalue weighted by Crippen LogP contribution is 2.29. The van der Waals surface area contributed by atoms with Crippen molar-refractivity contribution in [2.75, 3.05) is 25.0 Å². The molecule has 1 aliphatic rings. The van der Waals surface area contributed by atoms with Crippen LogP contribution >= 0.6 is 0 Å². The van der Waals surface area contributed by atoms with Crippen LogP contribution in [0.25, 0.3) is 0 Å². The summed E-state index contributed by atoms with van der Waals surface area (Å²) in [7, 11) is 2.17. The van der Waals surface area contributed by atoms with Crippen LogP contribution in [0.1, 0.15) is 65.0 Å². The predicted molar refractivity (Wildman–Crippen MR) is 97.3 cm³/mol. The molecule has 1 aromatic rings. The van der Waals surface area contributed by atoms with Crippen LogP contribution in [-0.2, 0) is 4.74 Å². The van der Waals surface area contributed by atoms with Gasteiger partial charge in [-0.15, -0.1) is 0 Å². The van der Waals surface area contributed by atoms with Crippen LogP contribution in [0.5, 0.6) is 0 Å². The Balaban J connectivity index is 2.14. The number of amides is 1. The van der Waals surface area contributed by atoms with E-state index < -0.39 is 5.60 Å². The third-order valence-corrected chi connectivity index (χ3v) is 4.26. The minimum atomic E-state index is -0.506. The summed E-state index contributed by atoms with van der Waals surface area (Å²) in [6.07, 6.45) is 6.13. The van der Waals surface area contributed by atoms with Crippen molar-refractivity contribution in [2.45, 2.75) is 65.0 Å². The van der Waals surface area contributed by atoms with Crippen molar-refractivity contribution in [3.05, 3.63) is 23.9 Å². The summed E-state index contributed by atoms with van der Waals surface area (Å²) in [5.41, 5.74) is 0.718. The van der Waals surface area contributed by atoms with Gasteiger partial charge in [-0.2, -0.15) is 0 Å². The predicted octanol–water partition coefficient (Wildman–Crippen LogP) is 4.39. The average molecular weight is 333 g/mol. The molecular formula is C19H31N3O2. The summed E-state index contributed by atoms with van der Waals surface area (Å²) in [5, 5.41) is 0. The molecule has 2 heterocycles. The van der Waals surface area contributed by atoms with Gasteiger partial charge < -0.3 is 4.74 Å². The van der Waals surface area contributed by atoms with Crippen molar-refractivity contribution >= 4 is 11.9 Å². The SMILES string of the molecule is CCCN(C(=O)OC(C)(C)C)c1ccc(C2CCCCN2C)cn1. The van der Waals surface area contributed by atoms with Gasteiger partial charge in [-0.05, 0) is 65.3 Å². The Labute approximate surface area is 146 Å². The Kier molecular flexibility index (Phi) is 6.21. The molecule has 0 saturated carbocycles. The number of ether oxygens (including phenoxy) is 1. The van der Waals surface area contributed by atoms with Crippen LogP contribution in [0, 0.1) is 0 Å². The van der Waals surface area contributed by atoms with E-state index in [0.29, 0.717) is 18.4 Å². The summed E-state index contributed by atoms with van der Waals surface area (Å²) >= 11 is 0. The maximum atomic E-state index is 12.4. The van der Waals surface area contributed by atoms with Crippen LogP contribution in [0.15, 0.2) is 18.3 Å². The Bertz CT molecular complexity index is 537. The Morgan fingerprint density at radius 2 is 2.12 bits per heavy atom. The van der Waals surface area contributed by atoms with Gasteiger partial charge in [0, 0.05) is 18.8 Å². The van der Waals surface area contributed by atoms with Crippen LogP contribution in [0.2, 0.25) is 0 Å². The fourth-order valence-electron chi connectivity index (χ4n) is 3.09. The first-order valence-electron chi connectivity index (χ1n) is 8.98. The number of likely N-dealkylation sites (tertiary alicyclic amines) is 1. The van der Waals surface area contributed by atoms with Crippen molar-refractivity contribution in [3.8, 4) is 0 Å². The van der Waals surface area contributed by atoms with Gasteiger partial charge in [0.1, 0.15) is 11.4 Å². The number of nitrogens with zero attached hydrogens (tertiary/aromatic N) is 3. The Morgan fingerprint density at radius 3 is 2.67 bits per heavy atom. The fourth-order valence-corrected chi connectivity index (χ4v) is 3.09. The molecule has 5 nitrogen and oxygen atoms in total. The molecule has 2 rings (SSSR count). The lowest BCUT2D eigenvalue weighted by molar-refractivity contribution is 0.0579. The molecule has 134 valence electrons. The zero-order valence-corrected chi connectivity index (χ0v) is 15.7. The second-order valence-electron chi connectivity index (χ2n) is 7.57. The smallest absolute Gasteiger partial charge is 0.416 e. The monoisotopic (exact) mass is 333 g/mol. The van der Waals surface area contributed by atoms with E-state index in [2.05, 4.69) is 23.0 Å². The highest BCUT2D eigenvalue weighted by molar-refractivity contribution is 5.86. The van der Waals surface area contributed by atoms with Crippen LogP contribution in [0.3, 0.4) is 0 Å². The first kappa shape index (κ1) is 18.7. The molecule has 1 amide bonds. The first-order chi connectivity index (χ1) is 11.3. The van der Waals surface area contributed by atoms with Crippen LogP contribution < -0.4 is 4.90 Å². The number of anilines is 1. The van der Waals surface area contributed by atoms with Gasteiger partial charge >= 0.3 is 6.09 Å².